The van der Waals surface area contributed by atoms with E-state index >= 15 is 0 Å². The number of benzene rings is 1. The van der Waals surface area contributed by atoms with Gasteiger partial charge in [-0.05, 0) is 37.0 Å². The molecule has 1 unspecified atom stereocenters. The van der Waals surface area contributed by atoms with Crippen molar-refractivity contribution in [2.75, 3.05) is 24.5 Å². The number of hydrogen-bond donors (Lipinski definition) is 2. The first-order valence-corrected chi connectivity index (χ1v) is 10.3. The predicted molar refractivity (Wildman–Crippen MR) is 115 cm³/mol. The Morgan fingerprint density at radius 2 is 2.03 bits per heavy atom. The summed E-state index contributed by atoms with van der Waals surface area (Å²) in [7, 11) is 0. The van der Waals surface area contributed by atoms with E-state index in [0.717, 1.165) is 55.3 Å². The van der Waals surface area contributed by atoms with E-state index in [1.165, 1.54) is 0 Å². The number of rotatable bonds is 6. The van der Waals surface area contributed by atoms with Crippen LogP contribution in [0.15, 0.2) is 54.9 Å². The maximum absolute atomic E-state index is 12.1. The zero-order valence-electron chi connectivity index (χ0n) is 16.8. The highest BCUT2D eigenvalue weighted by molar-refractivity contribution is 5.94. The third-order valence-corrected chi connectivity index (χ3v) is 5.36. The van der Waals surface area contributed by atoms with Crippen LogP contribution in [0.3, 0.4) is 0 Å². The molecule has 1 aliphatic rings. The van der Waals surface area contributed by atoms with Crippen LogP contribution in [0, 0.1) is 0 Å². The number of aromatic amines is 1. The highest BCUT2D eigenvalue weighted by atomic mass is 16.1. The first-order chi connectivity index (χ1) is 14.2. The maximum atomic E-state index is 12.1. The molecule has 150 valence electrons. The van der Waals surface area contributed by atoms with Gasteiger partial charge in [0.25, 0.3) is 5.91 Å². The Kier molecular flexibility index (Phi) is 5.89. The molecule has 1 aromatic carbocycles. The van der Waals surface area contributed by atoms with Gasteiger partial charge < -0.3 is 15.2 Å². The van der Waals surface area contributed by atoms with Crippen molar-refractivity contribution in [2.24, 2.45) is 0 Å². The Labute approximate surface area is 171 Å². The second kappa shape index (κ2) is 8.90. The van der Waals surface area contributed by atoms with Crippen LogP contribution in [0.4, 0.5) is 5.82 Å². The second-order valence-electron chi connectivity index (χ2n) is 7.49. The molecule has 2 N–H and O–H groups in total. The molecule has 0 aliphatic carbocycles. The summed E-state index contributed by atoms with van der Waals surface area (Å²) in [4.78, 5) is 27.1. The molecule has 6 heteroatoms. The molecule has 1 saturated heterocycles. The molecule has 2 aromatic heterocycles. The van der Waals surface area contributed by atoms with E-state index in [1.807, 2.05) is 43.5 Å². The van der Waals surface area contributed by atoms with Crippen LogP contribution in [-0.2, 0) is 0 Å². The van der Waals surface area contributed by atoms with Crippen molar-refractivity contribution in [1.29, 1.82) is 0 Å². The third-order valence-electron chi connectivity index (χ3n) is 5.36. The van der Waals surface area contributed by atoms with E-state index in [-0.39, 0.29) is 5.91 Å². The Balaban J connectivity index is 1.43. The molecule has 0 bridgehead atoms. The number of nitrogens with one attached hydrogen (secondary N) is 2. The number of pyridine rings is 1. The summed E-state index contributed by atoms with van der Waals surface area (Å²) in [6.07, 6.45) is 6.71. The van der Waals surface area contributed by atoms with Gasteiger partial charge in [-0.15, -0.1) is 0 Å². The van der Waals surface area contributed by atoms with Crippen molar-refractivity contribution < 1.29 is 4.79 Å². The molecule has 1 fully saturated rings. The summed E-state index contributed by atoms with van der Waals surface area (Å²) in [5.41, 5.74) is 2.81. The van der Waals surface area contributed by atoms with E-state index < -0.39 is 0 Å². The molecule has 6 nitrogen and oxygen atoms in total. The zero-order chi connectivity index (χ0) is 20.1. The van der Waals surface area contributed by atoms with E-state index in [4.69, 9.17) is 0 Å². The van der Waals surface area contributed by atoms with Gasteiger partial charge in [-0.3, -0.25) is 4.79 Å². The number of piperidine rings is 1. The monoisotopic (exact) mass is 389 g/mol. The quantitative estimate of drug-likeness (QED) is 0.668. The summed E-state index contributed by atoms with van der Waals surface area (Å²) in [5, 5.41) is 2.89. The summed E-state index contributed by atoms with van der Waals surface area (Å²) in [6, 6.07) is 14.1. The van der Waals surface area contributed by atoms with E-state index in [9.17, 15) is 4.79 Å². The zero-order valence-corrected chi connectivity index (χ0v) is 16.8. The van der Waals surface area contributed by atoms with Gasteiger partial charge in [-0.1, -0.05) is 37.3 Å². The van der Waals surface area contributed by atoms with Crippen LogP contribution in [0.2, 0.25) is 0 Å². The number of anilines is 1. The fraction of sp³-hybridized carbons (Fsp3) is 0.348. The van der Waals surface area contributed by atoms with Crippen molar-refractivity contribution in [2.45, 2.75) is 32.1 Å². The third kappa shape index (κ3) is 4.47. The fourth-order valence-corrected chi connectivity index (χ4v) is 3.76. The number of carbonyl (C=O) groups is 1. The number of hydrogen-bond acceptors (Lipinski definition) is 4. The van der Waals surface area contributed by atoms with Gasteiger partial charge in [0.05, 0.1) is 17.5 Å². The van der Waals surface area contributed by atoms with Crippen molar-refractivity contribution in [1.82, 2.24) is 20.3 Å². The Morgan fingerprint density at radius 1 is 1.17 bits per heavy atom. The molecule has 3 heterocycles. The average molecular weight is 390 g/mol. The minimum absolute atomic E-state index is 0.0635. The van der Waals surface area contributed by atoms with Crippen molar-refractivity contribution in [3.05, 3.63) is 66.2 Å². The average Bonchev–Trinajstić information content (AvgIpc) is 3.29. The highest BCUT2D eigenvalue weighted by Gasteiger charge is 2.24. The molecule has 1 atom stereocenters. The lowest BCUT2D eigenvalue weighted by molar-refractivity contribution is 0.0953. The molecule has 0 saturated carbocycles. The largest absolute Gasteiger partial charge is 0.356 e. The van der Waals surface area contributed by atoms with Gasteiger partial charge in [0, 0.05) is 31.7 Å². The lowest BCUT2D eigenvalue weighted by Gasteiger charge is -2.32. The van der Waals surface area contributed by atoms with Crippen LogP contribution >= 0.6 is 0 Å². The smallest absolute Gasteiger partial charge is 0.252 e. The minimum Gasteiger partial charge on any atom is -0.356 e. The van der Waals surface area contributed by atoms with Gasteiger partial charge in [0.1, 0.15) is 11.6 Å². The normalized spacial score (nSPS) is 16.6. The Morgan fingerprint density at radius 3 is 2.79 bits per heavy atom. The maximum Gasteiger partial charge on any atom is 0.252 e. The van der Waals surface area contributed by atoms with Crippen LogP contribution in [0.5, 0.6) is 0 Å². The molecular weight excluding hydrogens is 362 g/mol. The second-order valence-corrected chi connectivity index (χ2v) is 7.49. The van der Waals surface area contributed by atoms with Crippen LogP contribution in [0.25, 0.3) is 11.3 Å². The first-order valence-electron chi connectivity index (χ1n) is 10.3. The SMILES string of the molecule is CCCNC(=O)c1ccc(N2CCCC(c3ncc(-c4ccccc4)[nH]3)C2)nc1. The predicted octanol–water partition coefficient (Wildman–Crippen LogP) is 4.00. The molecule has 29 heavy (non-hydrogen) atoms. The first kappa shape index (κ1) is 19.2. The Bertz CT molecular complexity index is 935. The number of amides is 1. The molecule has 1 aliphatic heterocycles. The summed E-state index contributed by atoms with van der Waals surface area (Å²) >= 11 is 0. The van der Waals surface area contributed by atoms with Crippen molar-refractivity contribution in [3.63, 3.8) is 0 Å². The van der Waals surface area contributed by atoms with E-state index in [0.29, 0.717) is 18.0 Å². The van der Waals surface area contributed by atoms with Crippen LogP contribution in [0.1, 0.15) is 48.3 Å². The summed E-state index contributed by atoms with van der Waals surface area (Å²) < 4.78 is 0. The molecular formula is C23H27N5O. The Hall–Kier alpha value is -3.15. The van der Waals surface area contributed by atoms with Gasteiger partial charge in [-0.2, -0.15) is 0 Å². The standard InChI is InChI=1S/C23H27N5O/c1-2-12-24-23(29)18-10-11-21(25-14-18)28-13-6-9-19(16-28)22-26-15-20(27-22)17-7-4-3-5-8-17/h3-5,7-8,10-11,14-15,19H,2,6,9,12-13,16H2,1H3,(H,24,29)(H,26,27). The number of aromatic nitrogens is 3. The van der Waals surface area contributed by atoms with E-state index in [2.05, 4.69) is 37.3 Å². The molecule has 4 rings (SSSR count). The van der Waals surface area contributed by atoms with Gasteiger partial charge in [0.2, 0.25) is 0 Å². The molecule has 0 spiro atoms. The summed E-state index contributed by atoms with van der Waals surface area (Å²) in [5.74, 6) is 2.22. The molecule has 3 aromatic rings. The van der Waals surface area contributed by atoms with Crippen LogP contribution in [-0.4, -0.2) is 40.5 Å². The van der Waals surface area contributed by atoms with E-state index in [1.54, 1.807) is 6.20 Å². The fourth-order valence-electron chi connectivity index (χ4n) is 3.76. The topological polar surface area (TPSA) is 73.9 Å². The molecule has 1 amide bonds. The molecule has 0 radical (unpaired) electrons. The van der Waals surface area contributed by atoms with Crippen molar-refractivity contribution >= 4 is 11.7 Å². The van der Waals surface area contributed by atoms with Gasteiger partial charge >= 0.3 is 0 Å². The van der Waals surface area contributed by atoms with Gasteiger partial charge in [0.15, 0.2) is 0 Å². The van der Waals surface area contributed by atoms with Crippen LogP contribution < -0.4 is 10.2 Å². The van der Waals surface area contributed by atoms with Crippen molar-refractivity contribution in [3.8, 4) is 11.3 Å². The summed E-state index contributed by atoms with van der Waals surface area (Å²) in [6.45, 7) is 4.56. The highest BCUT2D eigenvalue weighted by Crippen LogP contribution is 2.29. The number of imidazole rings is 1. The number of nitrogens with zero attached hydrogens (tertiary/aromatic N) is 3. The lowest BCUT2D eigenvalue weighted by atomic mass is 9.97. The van der Waals surface area contributed by atoms with Gasteiger partial charge in [-0.25, -0.2) is 9.97 Å². The minimum atomic E-state index is -0.0635. The lowest BCUT2D eigenvalue weighted by Crippen LogP contribution is -2.35. The number of carbonyl (C=O) groups excluding carboxylic acids is 1. The number of H-pyrrole nitrogens is 1.